The van der Waals surface area contributed by atoms with Crippen LogP contribution in [0.1, 0.15) is 31.8 Å². The summed E-state index contributed by atoms with van der Waals surface area (Å²) in [4.78, 5) is 77.2. The number of hydrogen-bond donors (Lipinski definition) is 11. The summed E-state index contributed by atoms with van der Waals surface area (Å²) in [7, 11) is -19.9. The predicted molar refractivity (Wildman–Crippen MR) is 373 cm³/mol. The van der Waals surface area contributed by atoms with Gasteiger partial charge in [-0.05, 0) is 145 Å². The summed E-state index contributed by atoms with van der Waals surface area (Å²) in [5.74, 6) is -0.201. The second kappa shape index (κ2) is 32.5. The molecule has 552 valence electrons. The van der Waals surface area contributed by atoms with Crippen LogP contribution >= 0.6 is 0 Å². The Balaban J connectivity index is 0.814. The lowest BCUT2D eigenvalue weighted by Gasteiger charge is -2.18. The third kappa shape index (κ3) is 19.6. The largest absolute Gasteiger partial charge is 0.489 e. The number of anilines is 2. The highest BCUT2D eigenvalue weighted by molar-refractivity contribution is 7.87. The number of hydrazone groups is 1. The Bertz CT molecular complexity index is 5660. The van der Waals surface area contributed by atoms with E-state index in [1.54, 1.807) is 13.8 Å². The first-order valence-corrected chi connectivity index (χ1v) is 36.2. The SMILES string of the molecule is Cc1cc(NC(=O)c2ccc(N=NC3C(=O)NC(=NC#N)NC3=O)cc2)c(OCCOCCOCCOc2cc(N=Nc3ccc4cc(S(=O)(=O)O)cc(S(=O)(=O)O)c4c3)c(C)cc2NC(=O)c2ccc(N=NC3C(=O)NC(=NN)NC3=O)cc2)cc1N=Nc1ccc2c(S(=O)(=O)O)cc(S(=O)(=O)O)cc2c1. The van der Waals surface area contributed by atoms with Gasteiger partial charge in [-0.3, -0.25) is 68.2 Å². The predicted octanol–water partition coefficient (Wildman–Crippen LogP) is 6.89. The lowest BCUT2D eigenvalue weighted by molar-refractivity contribution is -0.132. The number of rotatable bonds is 27. The van der Waals surface area contributed by atoms with Gasteiger partial charge in [-0.2, -0.15) is 79.8 Å². The average molecular weight is 1540 g/mol. The minimum atomic E-state index is -5.05. The maximum Gasteiger partial charge on any atom is 0.295 e. The Morgan fingerprint density at radius 1 is 0.467 bits per heavy atom. The Hall–Kier alpha value is -12.7. The van der Waals surface area contributed by atoms with Crippen molar-refractivity contribution < 1.29 is 99.6 Å². The Kier molecular flexibility index (Phi) is 23.4. The van der Waals surface area contributed by atoms with E-state index in [-0.39, 0.29) is 141 Å². The van der Waals surface area contributed by atoms with Gasteiger partial charge in [-0.25, -0.2) is 0 Å². The highest BCUT2D eigenvalue weighted by atomic mass is 32.2. The number of carbonyl (C=O) groups is 6. The maximum atomic E-state index is 13.8. The normalized spacial score (nSPS) is 15.1. The Labute approximate surface area is 604 Å². The van der Waals surface area contributed by atoms with E-state index < -0.39 is 108 Å². The number of carbonyl (C=O) groups excluding carboxylic acids is 6. The standard InChI is InChI=1S/C63H54N18O22S4/c1-32-21-48(67-56(82)34-3-8-38(9-4-34)74-80-54-58(84)69-62(66-31-64)70-59(54)85)50(29-46(32)78-76-40-13-14-44-37(23-40)25-43(105(91,92)93)27-52(44)106(94,95)96)102-19-17-100-15-16-101-18-20-103-51-30-47(79-77-41-12-7-36-24-42(104(88,89)90)28-53(45(36)26-41)107(97,98)99)33(2)22-49(51)68-57(83)35-5-10-39(11-6-35)75-81-55-60(86)71-63(73-65)72-61(55)87/h3-14,21-30,54-55H,15-20,65H2,1-2H3,(H,67,82)(H,68,83)(H,88,89,90)(H,91,92,93)(H,94,95,96)(H,97,98,99)(H2,66,69,70,84,85)(H2,71,72,73,86,87). The zero-order valence-corrected chi connectivity index (χ0v) is 58.1. The molecular weight excluding hydrogens is 1490 g/mol. The van der Waals surface area contributed by atoms with Crippen LogP contribution in [0.25, 0.3) is 21.5 Å². The number of nitrogens with two attached hydrogens (primary N) is 1. The lowest BCUT2D eigenvalue weighted by Crippen LogP contribution is -2.58. The van der Waals surface area contributed by atoms with Gasteiger partial charge in [0.2, 0.25) is 30.2 Å². The summed E-state index contributed by atoms with van der Waals surface area (Å²) in [6.07, 6.45) is 1.43. The highest BCUT2D eigenvalue weighted by Crippen LogP contribution is 2.39. The number of azo groups is 4. The van der Waals surface area contributed by atoms with E-state index in [0.29, 0.717) is 23.3 Å². The molecule has 8 aromatic rings. The number of hydrogen-bond acceptors (Lipinski definition) is 30. The molecule has 0 radical (unpaired) electrons. The van der Waals surface area contributed by atoms with E-state index in [0.717, 1.165) is 12.1 Å². The van der Waals surface area contributed by atoms with E-state index >= 15 is 0 Å². The van der Waals surface area contributed by atoms with Gasteiger partial charge in [-0.15, -0.1) is 10.1 Å². The number of aryl methyl sites for hydroxylation is 2. The van der Waals surface area contributed by atoms with E-state index in [1.807, 2.05) is 0 Å². The molecule has 8 aromatic carbocycles. The summed E-state index contributed by atoms with van der Waals surface area (Å²) in [6, 6.07) is 24.5. The van der Waals surface area contributed by atoms with E-state index in [9.17, 15) is 80.6 Å². The summed E-state index contributed by atoms with van der Waals surface area (Å²) in [6.45, 7) is 2.78. The Morgan fingerprint density at radius 3 is 1.30 bits per heavy atom. The first-order chi connectivity index (χ1) is 50.7. The van der Waals surface area contributed by atoms with Crippen LogP contribution in [-0.4, -0.2) is 151 Å². The zero-order chi connectivity index (χ0) is 77.1. The fourth-order valence-electron chi connectivity index (χ4n) is 9.82. The first-order valence-electron chi connectivity index (χ1n) is 30.4. The summed E-state index contributed by atoms with van der Waals surface area (Å²) in [5, 5.41) is 58.7. The molecule has 0 aromatic heterocycles. The van der Waals surface area contributed by atoms with Crippen LogP contribution in [0.15, 0.2) is 204 Å². The third-order valence-corrected chi connectivity index (χ3v) is 18.4. The lowest BCUT2D eigenvalue weighted by atomic mass is 10.1. The molecule has 40 nitrogen and oxygen atoms in total. The van der Waals surface area contributed by atoms with Crippen LogP contribution in [0.3, 0.4) is 0 Å². The molecule has 44 heteroatoms. The number of amides is 6. The quantitative estimate of drug-likeness (QED) is 0.00475. The van der Waals surface area contributed by atoms with E-state index in [1.165, 1.54) is 115 Å². The van der Waals surface area contributed by atoms with Crippen LogP contribution in [0, 0.1) is 25.3 Å². The van der Waals surface area contributed by atoms with E-state index in [4.69, 9.17) is 30.1 Å². The molecule has 107 heavy (non-hydrogen) atoms. The molecule has 0 aliphatic carbocycles. The van der Waals surface area contributed by atoms with Gasteiger partial charge in [0, 0.05) is 34.0 Å². The van der Waals surface area contributed by atoms with Crippen molar-refractivity contribution in [3.8, 4) is 17.7 Å². The molecular formula is C63H54N18O22S4. The number of benzene rings is 8. The second-order valence-corrected chi connectivity index (χ2v) is 28.0. The molecule has 0 unspecified atom stereocenters. The molecule has 0 saturated carbocycles. The molecule has 10 rings (SSSR count). The fraction of sp³-hybridized carbons (Fsp3) is 0.159. The van der Waals surface area contributed by atoms with Crippen molar-refractivity contribution in [1.82, 2.24) is 21.3 Å². The van der Waals surface area contributed by atoms with Crippen molar-refractivity contribution >= 4 is 155 Å². The molecule has 2 fully saturated rings. The molecule has 0 spiro atoms. The average Bonchev–Trinajstić information content (AvgIpc) is 0.772. The molecule has 0 atom stereocenters. The first kappa shape index (κ1) is 76.9. The number of nitriles is 1. The monoisotopic (exact) mass is 1540 g/mol. The number of nitrogens with one attached hydrogen (secondary N) is 6. The molecule has 0 bridgehead atoms. The van der Waals surface area contributed by atoms with Crippen LogP contribution in [0.2, 0.25) is 0 Å². The smallest absolute Gasteiger partial charge is 0.295 e. The van der Waals surface area contributed by atoms with Gasteiger partial charge < -0.3 is 35.4 Å². The van der Waals surface area contributed by atoms with Gasteiger partial charge in [0.15, 0.2) is 0 Å². The minimum Gasteiger partial charge on any atom is -0.489 e. The molecule has 2 saturated heterocycles. The van der Waals surface area contributed by atoms with Crippen molar-refractivity contribution in [3.05, 3.63) is 156 Å². The summed E-state index contributed by atoms with van der Waals surface area (Å²) >= 11 is 0. The highest BCUT2D eigenvalue weighted by Gasteiger charge is 2.35. The van der Waals surface area contributed by atoms with Gasteiger partial charge in [0.25, 0.3) is 75.9 Å². The van der Waals surface area contributed by atoms with Gasteiger partial charge in [0.05, 0.1) is 81.7 Å². The number of ether oxygens (including phenoxy) is 4. The van der Waals surface area contributed by atoms with Crippen LogP contribution in [-0.2, 0) is 69.1 Å². The molecule has 12 N–H and O–H groups in total. The van der Waals surface area contributed by atoms with E-state index in [2.05, 4.69) is 82.9 Å². The molecule has 2 heterocycles. The van der Waals surface area contributed by atoms with Crippen molar-refractivity contribution in [1.29, 1.82) is 5.26 Å². The topological polar surface area (TPSA) is 602 Å². The van der Waals surface area contributed by atoms with Crippen LogP contribution in [0.4, 0.5) is 45.5 Å². The van der Waals surface area contributed by atoms with Crippen molar-refractivity contribution in [2.45, 2.75) is 45.5 Å². The zero-order valence-electron chi connectivity index (χ0n) is 54.9. The molecule has 2 aliphatic rings. The number of aliphatic imine (C=N–C) groups is 1. The van der Waals surface area contributed by atoms with Gasteiger partial charge >= 0.3 is 0 Å². The van der Waals surface area contributed by atoms with Gasteiger partial charge in [-0.1, -0.05) is 12.1 Å². The summed E-state index contributed by atoms with van der Waals surface area (Å²) in [5.41, 5.74) is 2.02. The number of fused-ring (bicyclic) bond motifs is 2. The minimum absolute atomic E-state index is 0.000144. The van der Waals surface area contributed by atoms with Crippen molar-refractivity contribution in [2.75, 3.05) is 50.3 Å². The second-order valence-electron chi connectivity index (χ2n) is 22.4. The van der Waals surface area contributed by atoms with Crippen LogP contribution < -0.4 is 47.2 Å². The van der Waals surface area contributed by atoms with Crippen molar-refractivity contribution in [2.24, 2.45) is 56.9 Å². The maximum absolute atomic E-state index is 13.8. The van der Waals surface area contributed by atoms with Crippen molar-refractivity contribution in [3.63, 3.8) is 0 Å². The third-order valence-electron chi connectivity index (χ3n) is 15.0. The molecule has 6 amide bonds. The molecule has 2 aliphatic heterocycles. The fourth-order valence-corrected chi connectivity index (χ4v) is 12.5. The Morgan fingerprint density at radius 2 is 0.869 bits per heavy atom. The van der Waals surface area contributed by atoms with Crippen LogP contribution in [0.5, 0.6) is 11.5 Å². The number of guanidine groups is 2. The number of nitrogens with zero attached hydrogens (tertiary/aromatic N) is 11. The van der Waals surface area contributed by atoms with Gasteiger partial charge in [0.1, 0.15) is 34.5 Å². The summed E-state index contributed by atoms with van der Waals surface area (Å²) < 4.78 is 160.